The summed E-state index contributed by atoms with van der Waals surface area (Å²) in [7, 11) is 0. The molecule has 17 heavy (non-hydrogen) atoms. The monoisotopic (exact) mass is 242 g/mol. The van der Waals surface area contributed by atoms with Crippen LogP contribution in [0.25, 0.3) is 0 Å². The molecule has 0 aromatic rings. The molecule has 2 heterocycles. The third-order valence-electron chi connectivity index (χ3n) is 3.14. The minimum Gasteiger partial charge on any atom is -0.358 e. The Labute approximate surface area is 102 Å². The van der Waals surface area contributed by atoms with Crippen LogP contribution in [0.2, 0.25) is 0 Å². The Hall–Kier alpha value is -0.850. The van der Waals surface area contributed by atoms with E-state index in [0.717, 1.165) is 52.2 Å². The van der Waals surface area contributed by atoms with Gasteiger partial charge in [0.05, 0.1) is 0 Å². The summed E-state index contributed by atoms with van der Waals surface area (Å²) in [6, 6.07) is -0.118. The summed E-state index contributed by atoms with van der Waals surface area (Å²) in [5.74, 6) is 0. The lowest BCUT2D eigenvalue weighted by molar-refractivity contribution is 0.0906. The van der Waals surface area contributed by atoms with Gasteiger partial charge in [-0.3, -0.25) is 4.90 Å². The van der Waals surface area contributed by atoms with Crippen LogP contribution in [0.3, 0.4) is 0 Å². The predicted molar refractivity (Wildman–Crippen MR) is 64.8 cm³/mol. The van der Waals surface area contributed by atoms with Crippen molar-refractivity contribution >= 4 is 6.03 Å². The molecule has 98 valence electrons. The Bertz CT molecular complexity index is 238. The first-order valence-corrected chi connectivity index (χ1v) is 6.43. The van der Waals surface area contributed by atoms with E-state index in [9.17, 15) is 4.79 Å². The van der Waals surface area contributed by atoms with E-state index in [0.29, 0.717) is 6.54 Å². The highest BCUT2D eigenvalue weighted by Crippen LogP contribution is 2.08. The number of nitrogens with one attached hydrogen (secondary N) is 3. The lowest BCUT2D eigenvalue weighted by Gasteiger charge is -2.27. The molecular formula is C11H22N4O2. The Kier molecular flexibility index (Phi) is 5.03. The second-order valence-electron chi connectivity index (χ2n) is 4.49. The van der Waals surface area contributed by atoms with E-state index in [2.05, 4.69) is 20.9 Å². The van der Waals surface area contributed by atoms with Crippen LogP contribution < -0.4 is 16.0 Å². The van der Waals surface area contributed by atoms with Gasteiger partial charge in [0.2, 0.25) is 0 Å². The maximum absolute atomic E-state index is 11.5. The first-order chi connectivity index (χ1) is 8.34. The highest BCUT2D eigenvalue weighted by Gasteiger charge is 2.17. The molecule has 1 atom stereocenters. The zero-order chi connectivity index (χ0) is 11.9. The van der Waals surface area contributed by atoms with Crippen LogP contribution in [-0.4, -0.2) is 63.0 Å². The molecule has 2 fully saturated rings. The minimum absolute atomic E-state index is 0.0887. The average molecular weight is 242 g/mol. The number of carbonyl (C=O) groups excluding carboxylic acids is 1. The van der Waals surface area contributed by atoms with Gasteiger partial charge in [-0.25, -0.2) is 4.79 Å². The zero-order valence-corrected chi connectivity index (χ0v) is 10.2. The molecule has 0 aromatic carbocycles. The van der Waals surface area contributed by atoms with Crippen molar-refractivity contribution in [2.24, 2.45) is 0 Å². The van der Waals surface area contributed by atoms with E-state index < -0.39 is 0 Å². The van der Waals surface area contributed by atoms with Gasteiger partial charge in [-0.05, 0) is 12.8 Å². The summed E-state index contributed by atoms with van der Waals surface area (Å²) < 4.78 is 5.33. The lowest BCUT2D eigenvalue weighted by atomic mass is 10.3. The molecule has 2 saturated heterocycles. The SMILES string of the molecule is O=C(NCCN1CCNCC1)NC1CCCO1. The smallest absolute Gasteiger partial charge is 0.316 e. The van der Waals surface area contributed by atoms with Gasteiger partial charge in [-0.2, -0.15) is 0 Å². The van der Waals surface area contributed by atoms with Crippen LogP contribution in [0.5, 0.6) is 0 Å². The number of carbonyl (C=O) groups is 1. The molecule has 2 amide bonds. The minimum atomic E-state index is -0.118. The Morgan fingerprint density at radius 3 is 2.94 bits per heavy atom. The maximum Gasteiger partial charge on any atom is 0.316 e. The molecule has 0 spiro atoms. The van der Waals surface area contributed by atoms with Gasteiger partial charge in [-0.15, -0.1) is 0 Å². The average Bonchev–Trinajstić information content (AvgIpc) is 2.83. The summed E-state index contributed by atoms with van der Waals surface area (Å²) in [5.41, 5.74) is 0. The van der Waals surface area contributed by atoms with Crippen LogP contribution in [-0.2, 0) is 4.74 Å². The molecule has 0 bridgehead atoms. The number of piperazine rings is 1. The molecule has 6 heteroatoms. The van der Waals surface area contributed by atoms with E-state index in [4.69, 9.17) is 4.74 Å². The highest BCUT2D eigenvalue weighted by molar-refractivity contribution is 5.73. The predicted octanol–water partition coefficient (Wildman–Crippen LogP) is -0.673. The van der Waals surface area contributed by atoms with Crippen molar-refractivity contribution in [3.63, 3.8) is 0 Å². The van der Waals surface area contributed by atoms with Crippen molar-refractivity contribution in [3.05, 3.63) is 0 Å². The number of urea groups is 1. The molecule has 0 radical (unpaired) electrons. The molecule has 2 aliphatic heterocycles. The molecule has 2 rings (SSSR count). The second kappa shape index (κ2) is 6.78. The number of ether oxygens (including phenoxy) is 1. The van der Waals surface area contributed by atoms with Gasteiger partial charge in [0.25, 0.3) is 0 Å². The number of rotatable bonds is 4. The molecule has 0 aromatic heterocycles. The maximum atomic E-state index is 11.5. The Morgan fingerprint density at radius 2 is 2.24 bits per heavy atom. The fraction of sp³-hybridized carbons (Fsp3) is 0.909. The molecule has 1 unspecified atom stereocenters. The lowest BCUT2D eigenvalue weighted by Crippen LogP contribution is -2.48. The van der Waals surface area contributed by atoms with Crippen molar-refractivity contribution in [1.29, 1.82) is 0 Å². The van der Waals surface area contributed by atoms with Crippen molar-refractivity contribution in [2.75, 3.05) is 45.9 Å². The van der Waals surface area contributed by atoms with Gasteiger partial charge in [-0.1, -0.05) is 0 Å². The largest absolute Gasteiger partial charge is 0.358 e. The van der Waals surface area contributed by atoms with E-state index in [1.54, 1.807) is 0 Å². The zero-order valence-electron chi connectivity index (χ0n) is 10.2. The molecule has 6 nitrogen and oxygen atoms in total. The number of nitrogens with zero attached hydrogens (tertiary/aromatic N) is 1. The van der Waals surface area contributed by atoms with Crippen molar-refractivity contribution in [2.45, 2.75) is 19.1 Å². The van der Waals surface area contributed by atoms with Crippen LogP contribution in [0.4, 0.5) is 4.79 Å². The van der Waals surface area contributed by atoms with Crippen molar-refractivity contribution in [3.8, 4) is 0 Å². The van der Waals surface area contributed by atoms with Crippen LogP contribution in [0.15, 0.2) is 0 Å². The Morgan fingerprint density at radius 1 is 1.41 bits per heavy atom. The summed E-state index contributed by atoms with van der Waals surface area (Å²) in [6.07, 6.45) is 1.87. The fourth-order valence-corrected chi connectivity index (χ4v) is 2.15. The summed E-state index contributed by atoms with van der Waals surface area (Å²) in [5, 5.41) is 8.98. The molecule has 0 aliphatic carbocycles. The van der Waals surface area contributed by atoms with Gasteiger partial charge in [0.1, 0.15) is 6.23 Å². The Balaban J connectivity index is 1.53. The van der Waals surface area contributed by atoms with E-state index in [-0.39, 0.29) is 12.3 Å². The molecule has 3 N–H and O–H groups in total. The third kappa shape index (κ3) is 4.49. The third-order valence-corrected chi connectivity index (χ3v) is 3.14. The number of amides is 2. The number of hydrogen-bond donors (Lipinski definition) is 3. The molecular weight excluding hydrogens is 220 g/mol. The van der Waals surface area contributed by atoms with E-state index in [1.807, 2.05) is 0 Å². The quantitative estimate of drug-likeness (QED) is 0.611. The molecule has 2 aliphatic rings. The first-order valence-electron chi connectivity index (χ1n) is 6.43. The first kappa shape index (κ1) is 12.6. The van der Waals surface area contributed by atoms with Crippen LogP contribution in [0, 0.1) is 0 Å². The van der Waals surface area contributed by atoms with Crippen molar-refractivity contribution in [1.82, 2.24) is 20.9 Å². The van der Waals surface area contributed by atoms with Crippen LogP contribution in [0.1, 0.15) is 12.8 Å². The summed E-state index contributed by atoms with van der Waals surface area (Å²) in [6.45, 7) is 6.58. The van der Waals surface area contributed by atoms with Gasteiger partial charge < -0.3 is 20.7 Å². The topological polar surface area (TPSA) is 65.6 Å². The summed E-state index contributed by atoms with van der Waals surface area (Å²) >= 11 is 0. The standard InChI is InChI=1S/C11H22N4O2/c16-11(14-10-2-1-9-17-10)13-5-8-15-6-3-12-4-7-15/h10,12H,1-9H2,(H2,13,14,16). The highest BCUT2D eigenvalue weighted by atomic mass is 16.5. The normalized spacial score (nSPS) is 25.8. The van der Waals surface area contributed by atoms with Gasteiger partial charge >= 0.3 is 6.03 Å². The molecule has 0 saturated carbocycles. The van der Waals surface area contributed by atoms with Gasteiger partial charge in [0, 0.05) is 45.9 Å². The fourth-order valence-electron chi connectivity index (χ4n) is 2.15. The second-order valence-corrected chi connectivity index (χ2v) is 4.49. The summed E-state index contributed by atoms with van der Waals surface area (Å²) in [4.78, 5) is 13.9. The van der Waals surface area contributed by atoms with E-state index >= 15 is 0 Å². The van der Waals surface area contributed by atoms with Gasteiger partial charge in [0.15, 0.2) is 0 Å². The van der Waals surface area contributed by atoms with E-state index in [1.165, 1.54) is 0 Å². The van der Waals surface area contributed by atoms with Crippen molar-refractivity contribution < 1.29 is 9.53 Å². The number of hydrogen-bond acceptors (Lipinski definition) is 4. The van der Waals surface area contributed by atoms with Crippen LogP contribution >= 0.6 is 0 Å².